The van der Waals surface area contributed by atoms with E-state index >= 15 is 0 Å². The van der Waals surface area contributed by atoms with Crippen LogP contribution in [0.5, 0.6) is 0 Å². The highest BCUT2D eigenvalue weighted by molar-refractivity contribution is 7.12. The average Bonchev–Trinajstić information content (AvgIpc) is 2.88. The van der Waals surface area contributed by atoms with Crippen LogP contribution in [0.15, 0.2) is 12.1 Å². The molecule has 0 fully saturated rings. The molecule has 0 aliphatic rings. The summed E-state index contributed by atoms with van der Waals surface area (Å²) in [4.78, 5) is 2.74. The molecule has 0 saturated carbocycles. The molecule has 2 heterocycles. The molecule has 3 nitrogen and oxygen atoms in total. The number of aromatic nitrogens is 2. The molecule has 19 heavy (non-hydrogen) atoms. The molecule has 1 atom stereocenters. The fourth-order valence-electron chi connectivity index (χ4n) is 2.45. The fraction of sp³-hybridized carbons (Fsp3) is 0.533. The van der Waals surface area contributed by atoms with E-state index in [0.29, 0.717) is 0 Å². The van der Waals surface area contributed by atoms with E-state index < -0.39 is 0 Å². The van der Waals surface area contributed by atoms with Gasteiger partial charge in [0.1, 0.15) is 0 Å². The molecule has 0 saturated heterocycles. The Hall–Kier alpha value is -1.13. The molecule has 1 unspecified atom stereocenters. The van der Waals surface area contributed by atoms with Crippen LogP contribution in [-0.2, 0) is 7.05 Å². The first-order chi connectivity index (χ1) is 9.04. The van der Waals surface area contributed by atoms with Crippen molar-refractivity contribution in [2.24, 2.45) is 7.05 Å². The zero-order valence-corrected chi connectivity index (χ0v) is 13.3. The first kappa shape index (κ1) is 14.3. The molecule has 0 spiro atoms. The fourth-order valence-corrected chi connectivity index (χ4v) is 3.41. The Balaban J connectivity index is 2.42. The maximum Gasteiger partial charge on any atom is 0.0707 e. The predicted molar refractivity (Wildman–Crippen MR) is 81.9 cm³/mol. The van der Waals surface area contributed by atoms with E-state index in [1.54, 1.807) is 0 Å². The van der Waals surface area contributed by atoms with Crippen molar-refractivity contribution in [2.45, 2.75) is 40.2 Å². The van der Waals surface area contributed by atoms with Gasteiger partial charge in [-0.25, -0.2) is 0 Å². The van der Waals surface area contributed by atoms with Crippen LogP contribution in [0.3, 0.4) is 0 Å². The van der Waals surface area contributed by atoms with E-state index in [9.17, 15) is 0 Å². The summed E-state index contributed by atoms with van der Waals surface area (Å²) in [6.07, 6.45) is 1.14. The van der Waals surface area contributed by atoms with Crippen molar-refractivity contribution in [3.05, 3.63) is 38.8 Å². The molecular weight excluding hydrogens is 254 g/mol. The average molecular weight is 277 g/mol. The summed E-state index contributed by atoms with van der Waals surface area (Å²) in [6.45, 7) is 9.63. The van der Waals surface area contributed by atoms with Gasteiger partial charge in [-0.2, -0.15) is 5.10 Å². The van der Waals surface area contributed by atoms with Crippen LogP contribution in [0.1, 0.15) is 46.1 Å². The molecule has 2 rings (SSSR count). The summed E-state index contributed by atoms with van der Waals surface area (Å²) in [6, 6.07) is 4.70. The second kappa shape index (κ2) is 5.88. The minimum absolute atomic E-state index is 0.271. The third-order valence-corrected chi connectivity index (χ3v) is 4.56. The monoisotopic (exact) mass is 277 g/mol. The third kappa shape index (κ3) is 2.90. The van der Waals surface area contributed by atoms with Gasteiger partial charge >= 0.3 is 0 Å². The zero-order chi connectivity index (χ0) is 14.0. The quantitative estimate of drug-likeness (QED) is 0.906. The molecular formula is C15H23N3S. The number of nitrogens with one attached hydrogen (secondary N) is 1. The van der Waals surface area contributed by atoms with Crippen molar-refractivity contribution >= 4 is 11.3 Å². The lowest BCUT2D eigenvalue weighted by atomic mass is 10.0. The molecule has 2 aromatic rings. The minimum Gasteiger partial charge on any atom is -0.305 e. The Morgan fingerprint density at radius 2 is 2.05 bits per heavy atom. The Morgan fingerprint density at radius 3 is 2.53 bits per heavy atom. The Kier molecular flexibility index (Phi) is 4.42. The third-order valence-electron chi connectivity index (χ3n) is 3.50. The Bertz CT molecular complexity index is 554. The van der Waals surface area contributed by atoms with E-state index in [0.717, 1.165) is 18.7 Å². The maximum atomic E-state index is 4.55. The van der Waals surface area contributed by atoms with Gasteiger partial charge in [0, 0.05) is 28.1 Å². The van der Waals surface area contributed by atoms with Gasteiger partial charge in [0.25, 0.3) is 0 Å². The van der Waals surface area contributed by atoms with Crippen molar-refractivity contribution < 1.29 is 0 Å². The van der Waals surface area contributed by atoms with Crippen molar-refractivity contribution in [3.8, 4) is 0 Å². The van der Waals surface area contributed by atoms with Crippen LogP contribution >= 0.6 is 11.3 Å². The van der Waals surface area contributed by atoms with E-state index in [-0.39, 0.29) is 6.04 Å². The van der Waals surface area contributed by atoms with Gasteiger partial charge < -0.3 is 5.32 Å². The molecule has 0 radical (unpaired) electrons. The van der Waals surface area contributed by atoms with Gasteiger partial charge in [-0.15, -0.1) is 11.3 Å². The smallest absolute Gasteiger partial charge is 0.0707 e. The zero-order valence-electron chi connectivity index (χ0n) is 12.4. The van der Waals surface area contributed by atoms with Crippen LogP contribution in [0.4, 0.5) is 0 Å². The Labute approximate surface area is 119 Å². The van der Waals surface area contributed by atoms with Gasteiger partial charge in [0.15, 0.2) is 0 Å². The van der Waals surface area contributed by atoms with Crippen molar-refractivity contribution in [1.29, 1.82) is 0 Å². The van der Waals surface area contributed by atoms with Crippen LogP contribution in [0.25, 0.3) is 0 Å². The molecule has 0 aromatic carbocycles. The highest BCUT2D eigenvalue weighted by Gasteiger charge is 2.22. The molecule has 4 heteroatoms. The number of hydrogen-bond donors (Lipinski definition) is 1. The number of thiophene rings is 1. The molecule has 0 bridgehead atoms. The summed E-state index contributed by atoms with van der Waals surface area (Å²) in [7, 11) is 2.02. The van der Waals surface area contributed by atoms with Gasteiger partial charge in [-0.1, -0.05) is 6.92 Å². The predicted octanol–water partition coefficient (Wildman–Crippen LogP) is 3.50. The summed E-state index contributed by atoms with van der Waals surface area (Å²) >= 11 is 1.87. The molecule has 1 N–H and O–H groups in total. The van der Waals surface area contributed by atoms with Gasteiger partial charge in [0.2, 0.25) is 0 Å². The molecule has 2 aromatic heterocycles. The van der Waals surface area contributed by atoms with Gasteiger partial charge in [0.05, 0.1) is 11.7 Å². The van der Waals surface area contributed by atoms with Crippen molar-refractivity contribution in [1.82, 2.24) is 15.1 Å². The van der Waals surface area contributed by atoms with Crippen molar-refractivity contribution in [2.75, 3.05) is 6.54 Å². The lowest BCUT2D eigenvalue weighted by Gasteiger charge is -2.18. The van der Waals surface area contributed by atoms with Crippen molar-refractivity contribution in [3.63, 3.8) is 0 Å². The molecule has 0 amide bonds. The van der Waals surface area contributed by atoms with E-state index in [2.05, 4.69) is 50.2 Å². The lowest BCUT2D eigenvalue weighted by Crippen LogP contribution is -2.23. The van der Waals surface area contributed by atoms with Crippen LogP contribution < -0.4 is 5.32 Å². The number of aryl methyl sites for hydroxylation is 3. The van der Waals surface area contributed by atoms with Crippen LogP contribution in [-0.4, -0.2) is 16.3 Å². The van der Waals surface area contributed by atoms with E-state index in [1.807, 2.05) is 23.1 Å². The second-order valence-electron chi connectivity index (χ2n) is 5.04. The van der Waals surface area contributed by atoms with E-state index in [4.69, 9.17) is 0 Å². The van der Waals surface area contributed by atoms with Crippen LogP contribution in [0.2, 0.25) is 0 Å². The molecule has 0 aliphatic carbocycles. The lowest BCUT2D eigenvalue weighted by molar-refractivity contribution is 0.600. The molecule has 0 aliphatic heterocycles. The number of hydrogen-bond acceptors (Lipinski definition) is 3. The van der Waals surface area contributed by atoms with Gasteiger partial charge in [-0.3, -0.25) is 4.68 Å². The van der Waals surface area contributed by atoms with Gasteiger partial charge in [-0.05, 0) is 45.9 Å². The summed E-state index contributed by atoms with van der Waals surface area (Å²) in [5.41, 5.74) is 3.70. The summed E-state index contributed by atoms with van der Waals surface area (Å²) in [5.74, 6) is 0. The first-order valence-corrected chi connectivity index (χ1v) is 7.66. The number of nitrogens with zero attached hydrogens (tertiary/aromatic N) is 2. The van der Waals surface area contributed by atoms with Crippen LogP contribution in [0, 0.1) is 20.8 Å². The Morgan fingerprint density at radius 1 is 1.32 bits per heavy atom. The van der Waals surface area contributed by atoms with E-state index in [1.165, 1.54) is 21.0 Å². The summed E-state index contributed by atoms with van der Waals surface area (Å²) in [5, 5.41) is 8.22. The largest absolute Gasteiger partial charge is 0.305 e. The second-order valence-corrected chi connectivity index (χ2v) is 6.36. The highest BCUT2D eigenvalue weighted by Crippen LogP contribution is 2.31. The molecule has 104 valence electrons. The minimum atomic E-state index is 0.271. The first-order valence-electron chi connectivity index (χ1n) is 6.84. The highest BCUT2D eigenvalue weighted by atomic mass is 32.1. The standard InChI is InChI=1S/C15H23N3S/c1-6-9-16-15(13-8-7-10(2)19-13)14-11(3)17-18(5)12(14)4/h7-8,15-16H,6,9H2,1-5H3. The summed E-state index contributed by atoms with van der Waals surface area (Å²) < 4.78 is 1.98. The SMILES string of the molecule is CCCNC(c1ccc(C)s1)c1c(C)nn(C)c1C. The normalized spacial score (nSPS) is 12.9. The topological polar surface area (TPSA) is 29.9 Å². The number of rotatable bonds is 5. The maximum absolute atomic E-state index is 4.55.